The number of halogens is 2. The van der Waals surface area contributed by atoms with Gasteiger partial charge in [-0.1, -0.05) is 35.3 Å². The molecule has 2 fully saturated rings. The molecule has 3 amide bonds. The first-order chi connectivity index (χ1) is 16.8. The molecule has 2 aliphatic heterocycles. The lowest BCUT2D eigenvalue weighted by atomic mass is 9.94. The van der Waals surface area contributed by atoms with Crippen molar-refractivity contribution in [3.05, 3.63) is 45.1 Å². The lowest BCUT2D eigenvalue weighted by Crippen LogP contribution is -2.51. The number of ether oxygens (including phenoxy) is 1. The summed E-state index contributed by atoms with van der Waals surface area (Å²) in [6, 6.07) is 4.06. The van der Waals surface area contributed by atoms with Crippen molar-refractivity contribution >= 4 is 41.1 Å². The maximum absolute atomic E-state index is 13.3. The summed E-state index contributed by atoms with van der Waals surface area (Å²) in [6.07, 6.45) is 2.81. The number of carbonyl (C=O) groups excluding carboxylic acids is 3. The van der Waals surface area contributed by atoms with E-state index in [4.69, 9.17) is 27.9 Å². The van der Waals surface area contributed by atoms with E-state index in [0.29, 0.717) is 48.0 Å². The van der Waals surface area contributed by atoms with Crippen LogP contribution in [0.25, 0.3) is 0 Å². The standard InChI is InChI=1S/C25H32Cl2N4O4/c1-3-31-19(15-29-11-6-12-30(14-13-29)23(32)16-9-10-16)20(24(33)35-4-2)22(28-25(31)34)17-7-5-8-18(26)21(17)27/h5,7-8,16,22H,3-4,6,9-15H2,1-2H3,(H,28,34)/t22-/m1/s1. The van der Waals surface area contributed by atoms with E-state index in [0.717, 1.165) is 32.4 Å². The number of benzene rings is 1. The van der Waals surface area contributed by atoms with Gasteiger partial charge in [0.1, 0.15) is 0 Å². The van der Waals surface area contributed by atoms with Crippen LogP contribution in [0.15, 0.2) is 29.5 Å². The van der Waals surface area contributed by atoms with Gasteiger partial charge in [0.05, 0.1) is 28.3 Å². The Balaban J connectivity index is 1.68. The van der Waals surface area contributed by atoms with Gasteiger partial charge in [-0.2, -0.15) is 0 Å². The average Bonchev–Trinajstić information content (AvgIpc) is 3.68. The molecule has 1 saturated carbocycles. The van der Waals surface area contributed by atoms with E-state index in [-0.39, 0.29) is 29.5 Å². The lowest BCUT2D eigenvalue weighted by molar-refractivity contribution is -0.139. The van der Waals surface area contributed by atoms with Crippen molar-refractivity contribution in [1.82, 2.24) is 20.0 Å². The predicted octanol–water partition coefficient (Wildman–Crippen LogP) is 3.84. The minimum atomic E-state index is -0.787. The number of hydrogen-bond acceptors (Lipinski definition) is 5. The molecule has 0 bridgehead atoms. The summed E-state index contributed by atoms with van der Waals surface area (Å²) in [5.74, 6) is -0.0518. The van der Waals surface area contributed by atoms with Gasteiger partial charge in [0.15, 0.2) is 0 Å². The van der Waals surface area contributed by atoms with Gasteiger partial charge in [0.25, 0.3) is 0 Å². The SMILES string of the molecule is CCOC(=O)C1=C(CN2CCCN(C(=O)C3CC3)CC2)N(CC)C(=O)N[C@@H]1c1cccc(Cl)c1Cl. The largest absolute Gasteiger partial charge is 0.463 e. The van der Waals surface area contributed by atoms with Crippen LogP contribution < -0.4 is 5.32 Å². The second-order valence-electron chi connectivity index (χ2n) is 9.08. The molecule has 1 aliphatic carbocycles. The summed E-state index contributed by atoms with van der Waals surface area (Å²) >= 11 is 12.8. The molecular weight excluding hydrogens is 491 g/mol. The molecule has 1 N–H and O–H groups in total. The van der Waals surface area contributed by atoms with E-state index in [1.54, 1.807) is 30.0 Å². The first kappa shape index (κ1) is 25.8. The van der Waals surface area contributed by atoms with Gasteiger partial charge in [-0.25, -0.2) is 9.59 Å². The topological polar surface area (TPSA) is 82.2 Å². The van der Waals surface area contributed by atoms with Gasteiger partial charge in [-0.3, -0.25) is 14.6 Å². The van der Waals surface area contributed by atoms with Crippen LogP contribution in [-0.4, -0.2) is 78.5 Å². The molecule has 0 aromatic heterocycles. The number of amides is 3. The van der Waals surface area contributed by atoms with Crippen molar-refractivity contribution in [2.24, 2.45) is 5.92 Å². The third kappa shape index (κ3) is 5.60. The molecule has 190 valence electrons. The molecule has 1 atom stereocenters. The van der Waals surface area contributed by atoms with Crippen molar-refractivity contribution < 1.29 is 19.1 Å². The summed E-state index contributed by atoms with van der Waals surface area (Å²) in [4.78, 5) is 44.8. The van der Waals surface area contributed by atoms with E-state index < -0.39 is 12.0 Å². The molecule has 8 nitrogen and oxygen atoms in total. The maximum Gasteiger partial charge on any atom is 0.338 e. The number of likely N-dealkylation sites (N-methyl/N-ethyl adjacent to an activating group) is 1. The third-order valence-corrected chi connectivity index (χ3v) is 7.58. The van der Waals surface area contributed by atoms with Crippen LogP contribution in [0.1, 0.15) is 44.7 Å². The zero-order chi connectivity index (χ0) is 25.1. The number of rotatable bonds is 7. The van der Waals surface area contributed by atoms with Crippen molar-refractivity contribution in [2.45, 2.75) is 39.2 Å². The van der Waals surface area contributed by atoms with Gasteiger partial charge in [0, 0.05) is 50.9 Å². The maximum atomic E-state index is 13.3. The van der Waals surface area contributed by atoms with E-state index in [1.165, 1.54) is 0 Å². The van der Waals surface area contributed by atoms with Gasteiger partial charge in [0.2, 0.25) is 5.91 Å². The van der Waals surface area contributed by atoms with Crippen molar-refractivity contribution in [3.63, 3.8) is 0 Å². The molecule has 0 spiro atoms. The Morgan fingerprint density at radius 3 is 2.57 bits per heavy atom. The second-order valence-corrected chi connectivity index (χ2v) is 9.87. The van der Waals surface area contributed by atoms with E-state index in [9.17, 15) is 14.4 Å². The molecule has 0 radical (unpaired) electrons. The minimum Gasteiger partial charge on any atom is -0.463 e. The Morgan fingerprint density at radius 1 is 1.11 bits per heavy atom. The fourth-order valence-electron chi connectivity index (χ4n) is 4.78. The van der Waals surface area contributed by atoms with Crippen LogP contribution in [0.3, 0.4) is 0 Å². The highest BCUT2D eigenvalue weighted by molar-refractivity contribution is 6.42. The summed E-state index contributed by atoms with van der Waals surface area (Å²) in [5.41, 5.74) is 1.49. The number of nitrogens with one attached hydrogen (secondary N) is 1. The lowest BCUT2D eigenvalue weighted by Gasteiger charge is -2.38. The van der Waals surface area contributed by atoms with Gasteiger partial charge < -0.3 is 15.0 Å². The summed E-state index contributed by atoms with van der Waals surface area (Å²) in [5, 5.41) is 3.55. The number of hydrogen-bond donors (Lipinski definition) is 1. The zero-order valence-corrected chi connectivity index (χ0v) is 21.7. The van der Waals surface area contributed by atoms with Crippen molar-refractivity contribution in [2.75, 3.05) is 45.9 Å². The first-order valence-electron chi connectivity index (χ1n) is 12.3. The van der Waals surface area contributed by atoms with Gasteiger partial charge in [-0.05, 0) is 44.7 Å². The predicted molar refractivity (Wildman–Crippen MR) is 134 cm³/mol. The van der Waals surface area contributed by atoms with Gasteiger partial charge >= 0.3 is 12.0 Å². The third-order valence-electron chi connectivity index (χ3n) is 6.74. The van der Waals surface area contributed by atoms with Crippen molar-refractivity contribution in [3.8, 4) is 0 Å². The highest BCUT2D eigenvalue weighted by Crippen LogP contribution is 2.38. The Kier molecular flexibility index (Phi) is 8.24. The second kappa shape index (κ2) is 11.2. The molecular formula is C25H32Cl2N4O4. The number of urea groups is 1. The zero-order valence-electron chi connectivity index (χ0n) is 20.2. The summed E-state index contributed by atoms with van der Waals surface area (Å²) < 4.78 is 5.43. The number of carbonyl (C=O) groups is 3. The Morgan fingerprint density at radius 2 is 1.89 bits per heavy atom. The average molecular weight is 523 g/mol. The number of esters is 1. The van der Waals surface area contributed by atoms with Gasteiger partial charge in [-0.15, -0.1) is 0 Å². The Hall–Kier alpha value is -2.29. The minimum absolute atomic E-state index is 0.195. The van der Waals surface area contributed by atoms with E-state index in [2.05, 4.69) is 10.2 Å². The Labute approximate surface area is 216 Å². The first-order valence-corrected chi connectivity index (χ1v) is 13.0. The number of nitrogens with zero attached hydrogens (tertiary/aromatic N) is 3. The van der Waals surface area contributed by atoms with Crippen LogP contribution in [0.2, 0.25) is 10.0 Å². The molecule has 4 rings (SSSR count). The molecule has 1 aromatic carbocycles. The van der Waals surface area contributed by atoms with E-state index >= 15 is 0 Å². The highest BCUT2D eigenvalue weighted by atomic mass is 35.5. The van der Waals surface area contributed by atoms with Crippen molar-refractivity contribution in [1.29, 1.82) is 0 Å². The molecule has 1 aromatic rings. The molecule has 1 saturated heterocycles. The summed E-state index contributed by atoms with van der Waals surface area (Å²) in [7, 11) is 0. The molecule has 35 heavy (non-hydrogen) atoms. The molecule has 3 aliphatic rings. The fourth-order valence-corrected chi connectivity index (χ4v) is 5.20. The van der Waals surface area contributed by atoms with Crippen LogP contribution in [0, 0.1) is 5.92 Å². The van der Waals surface area contributed by atoms with Crippen LogP contribution in [0.5, 0.6) is 0 Å². The Bertz CT molecular complexity index is 1030. The molecule has 2 heterocycles. The van der Waals surface area contributed by atoms with E-state index in [1.807, 2.05) is 11.8 Å². The summed E-state index contributed by atoms with van der Waals surface area (Å²) in [6.45, 7) is 7.39. The van der Waals surface area contributed by atoms with Crippen LogP contribution in [0.4, 0.5) is 4.79 Å². The molecule has 10 heteroatoms. The smallest absolute Gasteiger partial charge is 0.338 e. The quantitative estimate of drug-likeness (QED) is 0.550. The molecule has 0 unspecified atom stereocenters. The fraction of sp³-hybridized carbons (Fsp3) is 0.560. The van der Waals surface area contributed by atoms with Crippen LogP contribution in [-0.2, 0) is 14.3 Å². The van der Waals surface area contributed by atoms with Crippen LogP contribution >= 0.6 is 23.2 Å². The monoisotopic (exact) mass is 522 g/mol. The normalized spacial score (nSPS) is 21.6. The highest BCUT2D eigenvalue weighted by Gasteiger charge is 2.40.